The average Bonchev–Trinajstić information content (AvgIpc) is 2.73. The van der Waals surface area contributed by atoms with Gasteiger partial charge in [-0.2, -0.15) is 0 Å². The van der Waals surface area contributed by atoms with E-state index in [1.807, 2.05) is 0 Å². The van der Waals surface area contributed by atoms with E-state index < -0.39 is 11.8 Å². The van der Waals surface area contributed by atoms with Crippen molar-refractivity contribution >= 4 is 51.2 Å². The molecule has 2 aromatic rings. The number of ether oxygens (including phenoxy) is 2. The highest BCUT2D eigenvalue weighted by Crippen LogP contribution is 2.38. The van der Waals surface area contributed by atoms with Crippen molar-refractivity contribution in [3.05, 3.63) is 76.0 Å². The van der Waals surface area contributed by atoms with E-state index in [0.717, 1.165) is 0 Å². The first-order chi connectivity index (χ1) is 14.8. The number of carbonyl (C=O) groups excluding carboxylic acids is 2. The smallest absolute Gasteiger partial charge is 0.265 e. The number of halogens is 2. The molecule has 0 bridgehead atoms. The van der Waals surface area contributed by atoms with Crippen LogP contribution in [-0.2, 0) is 16.2 Å². The lowest BCUT2D eigenvalue weighted by molar-refractivity contribution is -0.128. The maximum Gasteiger partial charge on any atom is 0.265 e. The summed E-state index contributed by atoms with van der Waals surface area (Å²) in [7, 11) is 1.47. The van der Waals surface area contributed by atoms with Crippen molar-refractivity contribution in [1.29, 1.82) is 0 Å². The average molecular weight is 505 g/mol. The molecule has 0 saturated carbocycles. The van der Waals surface area contributed by atoms with Crippen molar-refractivity contribution in [3.63, 3.8) is 0 Å². The fourth-order valence-electron chi connectivity index (χ4n) is 2.90. The van der Waals surface area contributed by atoms with Gasteiger partial charge in [0.2, 0.25) is 0 Å². The van der Waals surface area contributed by atoms with Crippen LogP contribution >= 0.6 is 28.1 Å². The lowest BCUT2D eigenvalue weighted by Crippen LogP contribution is -2.53. The Kier molecular flexibility index (Phi) is 7.19. The fraction of sp³-hybridized carbons (Fsp3) is 0.136. The molecule has 9 heteroatoms. The zero-order valence-corrected chi connectivity index (χ0v) is 18.9. The van der Waals surface area contributed by atoms with Gasteiger partial charge in [-0.25, -0.2) is 4.39 Å². The predicted molar refractivity (Wildman–Crippen MR) is 122 cm³/mol. The molecule has 2 amide bonds. The van der Waals surface area contributed by atoms with Gasteiger partial charge in [-0.3, -0.25) is 19.8 Å². The van der Waals surface area contributed by atoms with E-state index in [9.17, 15) is 14.0 Å². The van der Waals surface area contributed by atoms with Crippen LogP contribution in [0.2, 0.25) is 0 Å². The molecule has 1 N–H and O–H groups in total. The monoisotopic (exact) mass is 504 g/mol. The molecule has 160 valence electrons. The molecule has 1 aliphatic heterocycles. The van der Waals surface area contributed by atoms with Crippen LogP contribution in [0.4, 0.5) is 4.39 Å². The van der Waals surface area contributed by atoms with Crippen LogP contribution in [0.1, 0.15) is 11.1 Å². The van der Waals surface area contributed by atoms with Gasteiger partial charge >= 0.3 is 0 Å². The van der Waals surface area contributed by atoms with Gasteiger partial charge in [0.05, 0.1) is 11.6 Å². The third kappa shape index (κ3) is 5.18. The number of thiocarbonyl (C=S) groups is 1. The Bertz CT molecular complexity index is 1100. The summed E-state index contributed by atoms with van der Waals surface area (Å²) in [6.45, 7) is 3.90. The van der Waals surface area contributed by atoms with Gasteiger partial charge in [-0.1, -0.05) is 18.2 Å². The topological polar surface area (TPSA) is 67.9 Å². The highest BCUT2D eigenvalue weighted by atomic mass is 79.9. The van der Waals surface area contributed by atoms with E-state index >= 15 is 0 Å². The van der Waals surface area contributed by atoms with Gasteiger partial charge in [-0.15, -0.1) is 6.58 Å². The third-order valence-corrected chi connectivity index (χ3v) is 5.24. The highest BCUT2D eigenvalue weighted by molar-refractivity contribution is 9.10. The number of nitrogens with one attached hydrogen (secondary N) is 1. The van der Waals surface area contributed by atoms with Crippen LogP contribution < -0.4 is 14.8 Å². The van der Waals surface area contributed by atoms with Crippen LogP contribution in [0.5, 0.6) is 11.5 Å². The molecule has 0 spiro atoms. The first-order valence-electron chi connectivity index (χ1n) is 9.08. The predicted octanol–water partition coefficient (Wildman–Crippen LogP) is 3.99. The molecule has 1 saturated heterocycles. The third-order valence-electron chi connectivity index (χ3n) is 4.33. The molecule has 31 heavy (non-hydrogen) atoms. The Labute approximate surface area is 192 Å². The van der Waals surface area contributed by atoms with Gasteiger partial charge in [0.25, 0.3) is 11.8 Å². The zero-order valence-electron chi connectivity index (χ0n) is 16.5. The van der Waals surface area contributed by atoms with Crippen LogP contribution in [0.15, 0.2) is 59.1 Å². The first kappa shape index (κ1) is 22.6. The van der Waals surface area contributed by atoms with Gasteiger partial charge < -0.3 is 9.47 Å². The van der Waals surface area contributed by atoms with Crippen molar-refractivity contribution in [3.8, 4) is 11.5 Å². The Morgan fingerprint density at radius 1 is 1.29 bits per heavy atom. The first-order valence-corrected chi connectivity index (χ1v) is 10.3. The highest BCUT2D eigenvalue weighted by Gasteiger charge is 2.32. The van der Waals surface area contributed by atoms with E-state index in [4.69, 9.17) is 21.7 Å². The summed E-state index contributed by atoms with van der Waals surface area (Å²) < 4.78 is 25.1. The molecular weight excluding hydrogens is 487 g/mol. The molecule has 1 fully saturated rings. The van der Waals surface area contributed by atoms with E-state index in [1.165, 1.54) is 36.3 Å². The lowest BCUT2D eigenvalue weighted by atomic mass is 10.1. The van der Waals surface area contributed by atoms with E-state index in [0.29, 0.717) is 27.1 Å². The van der Waals surface area contributed by atoms with Crippen LogP contribution in [0, 0.1) is 5.82 Å². The summed E-state index contributed by atoms with van der Waals surface area (Å²) in [5.41, 5.74) is 1.12. The number of methoxy groups -OCH3 is 1. The van der Waals surface area contributed by atoms with E-state index in [1.54, 1.807) is 24.3 Å². The lowest BCUT2D eigenvalue weighted by Gasteiger charge is -2.27. The number of rotatable bonds is 7. The van der Waals surface area contributed by atoms with E-state index in [-0.39, 0.29) is 29.7 Å². The molecule has 1 aliphatic rings. The molecule has 0 aliphatic carbocycles. The summed E-state index contributed by atoms with van der Waals surface area (Å²) in [4.78, 5) is 26.3. The Balaban J connectivity index is 1.89. The minimum absolute atomic E-state index is 0.0342. The molecular formula is C22H18BrFN2O4S. The number of benzene rings is 2. The molecule has 1 heterocycles. The number of hydrogen-bond donors (Lipinski definition) is 1. The fourth-order valence-corrected chi connectivity index (χ4v) is 3.73. The maximum atomic E-state index is 13.4. The van der Waals surface area contributed by atoms with Crippen molar-refractivity contribution in [2.45, 2.75) is 6.61 Å². The van der Waals surface area contributed by atoms with Crippen molar-refractivity contribution in [1.82, 2.24) is 10.2 Å². The molecule has 0 unspecified atom stereocenters. The van der Waals surface area contributed by atoms with E-state index in [2.05, 4.69) is 27.8 Å². The maximum absolute atomic E-state index is 13.4. The Morgan fingerprint density at radius 2 is 2.06 bits per heavy atom. The number of nitrogens with zero attached hydrogens (tertiary/aromatic N) is 1. The molecule has 0 radical (unpaired) electrons. The second-order valence-electron chi connectivity index (χ2n) is 6.47. The largest absolute Gasteiger partial charge is 0.493 e. The molecule has 2 aromatic carbocycles. The number of hydrogen-bond acceptors (Lipinski definition) is 5. The van der Waals surface area contributed by atoms with Crippen LogP contribution in [0.25, 0.3) is 6.08 Å². The normalized spacial score (nSPS) is 15.1. The second-order valence-corrected chi connectivity index (χ2v) is 7.72. The van der Waals surface area contributed by atoms with Crippen molar-refractivity contribution in [2.75, 3.05) is 13.7 Å². The quantitative estimate of drug-likeness (QED) is 0.267. The molecule has 3 rings (SSSR count). The second kappa shape index (κ2) is 9.84. The van der Waals surface area contributed by atoms with Crippen LogP contribution in [0.3, 0.4) is 0 Å². The summed E-state index contributed by atoms with van der Waals surface area (Å²) in [6, 6.07) is 9.39. The number of amides is 2. The summed E-state index contributed by atoms with van der Waals surface area (Å²) in [6.07, 6.45) is 2.96. The Morgan fingerprint density at radius 3 is 2.74 bits per heavy atom. The summed E-state index contributed by atoms with van der Waals surface area (Å²) in [5.74, 6) is -0.677. The Hall–Kier alpha value is -3.04. The molecule has 6 nitrogen and oxygen atoms in total. The van der Waals surface area contributed by atoms with Gasteiger partial charge in [0, 0.05) is 6.54 Å². The molecule has 0 atom stereocenters. The van der Waals surface area contributed by atoms with Crippen LogP contribution in [-0.4, -0.2) is 35.5 Å². The molecule has 0 aromatic heterocycles. The SMILES string of the molecule is C=CCN1C(=O)/C(=C/c2cc(Br)c(OCc3cccc(F)c3)c(OC)c2)C(=O)NC1=S. The van der Waals surface area contributed by atoms with Crippen molar-refractivity contribution < 1.29 is 23.5 Å². The summed E-state index contributed by atoms with van der Waals surface area (Å²) >= 11 is 8.48. The minimum Gasteiger partial charge on any atom is -0.493 e. The van der Waals surface area contributed by atoms with Gasteiger partial charge in [-0.05, 0) is 69.6 Å². The van der Waals surface area contributed by atoms with Gasteiger partial charge in [0.1, 0.15) is 18.0 Å². The number of carbonyl (C=O) groups is 2. The van der Waals surface area contributed by atoms with Gasteiger partial charge in [0.15, 0.2) is 16.6 Å². The zero-order chi connectivity index (χ0) is 22.5. The minimum atomic E-state index is -0.586. The standard InChI is InChI=1S/C22H18BrFN2O4S/c1-3-7-26-21(28)16(20(27)25-22(26)31)9-14-10-17(23)19(18(11-14)29-2)30-12-13-5-4-6-15(24)8-13/h3-6,8-11H,1,7,12H2,2H3,(H,25,27,31)/b16-9+. The van der Waals surface area contributed by atoms with Crippen molar-refractivity contribution in [2.24, 2.45) is 0 Å². The summed E-state index contributed by atoms with van der Waals surface area (Å²) in [5, 5.41) is 2.53.